The maximum atomic E-state index is 5.64. The monoisotopic (exact) mass is 280 g/mol. The van der Waals surface area contributed by atoms with Gasteiger partial charge >= 0.3 is 0 Å². The van der Waals surface area contributed by atoms with Crippen LogP contribution in [0.1, 0.15) is 45.2 Å². The number of rotatable bonds is 6. The quantitative estimate of drug-likeness (QED) is 0.866. The second-order valence-corrected chi connectivity index (χ2v) is 6.32. The van der Waals surface area contributed by atoms with E-state index in [0.717, 1.165) is 31.0 Å². The number of nitrogens with one attached hydrogen (secondary N) is 1. The van der Waals surface area contributed by atoms with Crippen LogP contribution in [0.5, 0.6) is 0 Å². The van der Waals surface area contributed by atoms with Crippen molar-refractivity contribution in [1.29, 1.82) is 0 Å². The van der Waals surface area contributed by atoms with Crippen LogP contribution >= 0.6 is 11.8 Å². The Balaban J connectivity index is 2.07. The minimum absolute atomic E-state index is 0.332. The van der Waals surface area contributed by atoms with Gasteiger partial charge in [-0.3, -0.25) is 0 Å². The maximum absolute atomic E-state index is 5.64. The lowest BCUT2D eigenvalue weighted by Gasteiger charge is -2.19. The third kappa shape index (κ3) is 3.94. The van der Waals surface area contributed by atoms with E-state index in [4.69, 9.17) is 4.74 Å². The van der Waals surface area contributed by atoms with Crippen molar-refractivity contribution in [2.24, 2.45) is 0 Å². The Morgan fingerprint density at radius 1 is 1.58 bits per heavy atom. The summed E-state index contributed by atoms with van der Waals surface area (Å²) in [6.45, 7) is 8.49. The minimum Gasteiger partial charge on any atom is -0.377 e. The maximum Gasteiger partial charge on any atom is 0.101 e. The second kappa shape index (κ2) is 7.27. The van der Waals surface area contributed by atoms with Gasteiger partial charge in [0.2, 0.25) is 0 Å². The molecule has 0 radical (unpaired) electrons. The van der Waals surface area contributed by atoms with Crippen molar-refractivity contribution < 1.29 is 4.74 Å². The molecule has 2 heterocycles. The predicted molar refractivity (Wildman–Crippen MR) is 80.6 cm³/mol. The molecule has 1 aromatic heterocycles. The van der Waals surface area contributed by atoms with Gasteiger partial charge in [-0.05, 0) is 39.3 Å². The number of thioether (sulfide) groups is 1. The third-order valence-electron chi connectivity index (χ3n) is 3.54. The Kier molecular flexibility index (Phi) is 5.67. The van der Waals surface area contributed by atoms with Crippen molar-refractivity contribution in [1.82, 2.24) is 10.3 Å². The largest absolute Gasteiger partial charge is 0.377 e. The molecule has 1 aromatic rings. The van der Waals surface area contributed by atoms with Crippen LogP contribution in [0.2, 0.25) is 0 Å². The minimum atomic E-state index is 0.332. The van der Waals surface area contributed by atoms with E-state index in [9.17, 15) is 0 Å². The first-order valence-corrected chi connectivity index (χ1v) is 8.07. The summed E-state index contributed by atoms with van der Waals surface area (Å²) in [6.07, 6.45) is 4.50. The first-order chi connectivity index (χ1) is 9.22. The van der Waals surface area contributed by atoms with E-state index in [2.05, 4.69) is 37.1 Å². The highest BCUT2D eigenvalue weighted by Crippen LogP contribution is 2.34. The zero-order chi connectivity index (χ0) is 13.7. The molecule has 0 aromatic carbocycles. The van der Waals surface area contributed by atoms with Gasteiger partial charge in [-0.2, -0.15) is 0 Å². The summed E-state index contributed by atoms with van der Waals surface area (Å²) in [6, 6.07) is 4.56. The molecule has 3 unspecified atom stereocenters. The van der Waals surface area contributed by atoms with Crippen molar-refractivity contribution in [3.8, 4) is 0 Å². The molecule has 0 saturated carbocycles. The molecule has 3 atom stereocenters. The van der Waals surface area contributed by atoms with Crippen LogP contribution in [0, 0.1) is 0 Å². The average molecular weight is 280 g/mol. The zero-order valence-corrected chi connectivity index (χ0v) is 12.9. The third-order valence-corrected chi connectivity index (χ3v) is 5.02. The molecule has 1 saturated heterocycles. The normalized spacial score (nSPS) is 24.6. The Labute approximate surface area is 120 Å². The van der Waals surface area contributed by atoms with Gasteiger partial charge in [0.05, 0.1) is 6.10 Å². The lowest BCUT2D eigenvalue weighted by molar-refractivity contribution is 0.127. The van der Waals surface area contributed by atoms with Crippen LogP contribution in [-0.4, -0.2) is 29.5 Å². The summed E-state index contributed by atoms with van der Waals surface area (Å²) >= 11 is 1.87. The van der Waals surface area contributed by atoms with Gasteiger partial charge in [0, 0.05) is 29.7 Å². The van der Waals surface area contributed by atoms with Gasteiger partial charge < -0.3 is 10.1 Å². The fourth-order valence-electron chi connectivity index (χ4n) is 2.31. The Hall–Kier alpha value is -0.580. The lowest BCUT2D eigenvalue weighted by Crippen LogP contribution is -2.21. The Morgan fingerprint density at radius 2 is 2.42 bits per heavy atom. The number of ether oxygens (including phenoxy) is 1. The van der Waals surface area contributed by atoms with Crippen LogP contribution in [0.15, 0.2) is 23.4 Å². The summed E-state index contributed by atoms with van der Waals surface area (Å²) in [5.74, 6) is 0. The van der Waals surface area contributed by atoms with E-state index in [1.165, 1.54) is 5.56 Å². The van der Waals surface area contributed by atoms with Gasteiger partial charge in [0.1, 0.15) is 5.03 Å². The molecule has 1 fully saturated rings. The van der Waals surface area contributed by atoms with Crippen LogP contribution < -0.4 is 5.32 Å². The topological polar surface area (TPSA) is 34.2 Å². The SMILES string of the molecule is CCCNC(C)c1cccnc1SC1CCOC1C. The van der Waals surface area contributed by atoms with Crippen LogP contribution in [-0.2, 0) is 4.74 Å². The van der Waals surface area contributed by atoms with Gasteiger partial charge in [-0.15, -0.1) is 0 Å². The smallest absolute Gasteiger partial charge is 0.101 e. The first kappa shape index (κ1) is 14.8. The van der Waals surface area contributed by atoms with Crippen LogP contribution in [0.25, 0.3) is 0 Å². The molecule has 0 amide bonds. The second-order valence-electron chi connectivity index (χ2n) is 5.09. The fourth-order valence-corrected chi connectivity index (χ4v) is 3.59. The molecule has 0 bridgehead atoms. The molecule has 0 aliphatic carbocycles. The van der Waals surface area contributed by atoms with Crippen molar-refractivity contribution in [3.63, 3.8) is 0 Å². The first-order valence-electron chi connectivity index (χ1n) is 7.19. The molecular weight excluding hydrogens is 256 g/mol. The zero-order valence-electron chi connectivity index (χ0n) is 12.1. The van der Waals surface area contributed by atoms with Crippen molar-refractivity contribution in [2.75, 3.05) is 13.2 Å². The standard InChI is InChI=1S/C15H24N2OS/c1-4-8-16-11(2)13-6-5-9-17-15(13)19-14-7-10-18-12(14)3/h5-6,9,11-12,14,16H,4,7-8,10H2,1-3H3. The highest BCUT2D eigenvalue weighted by molar-refractivity contribution is 8.00. The molecule has 1 aliphatic rings. The predicted octanol–water partition coefficient (Wildman–Crippen LogP) is 3.41. The van der Waals surface area contributed by atoms with Crippen LogP contribution in [0.3, 0.4) is 0 Å². The fraction of sp³-hybridized carbons (Fsp3) is 0.667. The molecule has 0 spiro atoms. The van der Waals surface area contributed by atoms with Crippen molar-refractivity contribution in [3.05, 3.63) is 23.9 Å². The summed E-state index contributed by atoms with van der Waals surface area (Å²) in [7, 11) is 0. The number of aromatic nitrogens is 1. The summed E-state index contributed by atoms with van der Waals surface area (Å²) in [4.78, 5) is 4.57. The number of nitrogens with zero attached hydrogens (tertiary/aromatic N) is 1. The summed E-state index contributed by atoms with van der Waals surface area (Å²) < 4.78 is 5.64. The Morgan fingerprint density at radius 3 is 3.11 bits per heavy atom. The van der Waals surface area contributed by atoms with Gasteiger partial charge in [-0.25, -0.2) is 4.98 Å². The number of hydrogen-bond acceptors (Lipinski definition) is 4. The Bertz CT molecular complexity index is 399. The van der Waals surface area contributed by atoms with Gasteiger partial charge in [0.25, 0.3) is 0 Å². The summed E-state index contributed by atoms with van der Waals surface area (Å²) in [5.41, 5.74) is 1.31. The molecule has 1 aliphatic heterocycles. The number of hydrogen-bond donors (Lipinski definition) is 1. The average Bonchev–Trinajstić information content (AvgIpc) is 2.82. The molecule has 3 nitrogen and oxygen atoms in total. The van der Waals surface area contributed by atoms with E-state index in [1.807, 2.05) is 24.0 Å². The van der Waals surface area contributed by atoms with Crippen molar-refractivity contribution >= 4 is 11.8 Å². The molecule has 106 valence electrons. The molecule has 1 N–H and O–H groups in total. The number of pyridine rings is 1. The highest BCUT2D eigenvalue weighted by Gasteiger charge is 2.26. The van der Waals surface area contributed by atoms with Crippen LogP contribution in [0.4, 0.5) is 0 Å². The van der Waals surface area contributed by atoms with Crippen molar-refractivity contribution in [2.45, 2.75) is 56.0 Å². The van der Waals surface area contributed by atoms with Gasteiger partial charge in [0.15, 0.2) is 0 Å². The van der Waals surface area contributed by atoms with E-state index >= 15 is 0 Å². The molecule has 19 heavy (non-hydrogen) atoms. The van der Waals surface area contributed by atoms with E-state index < -0.39 is 0 Å². The van der Waals surface area contributed by atoms with Gasteiger partial charge in [-0.1, -0.05) is 24.8 Å². The summed E-state index contributed by atoms with van der Waals surface area (Å²) in [5, 5.41) is 5.23. The highest BCUT2D eigenvalue weighted by atomic mass is 32.2. The van der Waals surface area contributed by atoms with E-state index in [-0.39, 0.29) is 0 Å². The van der Waals surface area contributed by atoms with E-state index in [0.29, 0.717) is 17.4 Å². The molecule has 4 heteroatoms. The van der Waals surface area contributed by atoms with E-state index in [1.54, 1.807) is 0 Å². The molecular formula is C15H24N2OS. The lowest BCUT2D eigenvalue weighted by atomic mass is 10.1. The molecule has 2 rings (SSSR count).